The van der Waals surface area contributed by atoms with Crippen molar-refractivity contribution in [1.82, 2.24) is 0 Å². The summed E-state index contributed by atoms with van der Waals surface area (Å²) in [6.45, 7) is 0.978. The lowest BCUT2D eigenvalue weighted by molar-refractivity contribution is 0.417. The van der Waals surface area contributed by atoms with Crippen molar-refractivity contribution in [2.45, 2.75) is 30.4 Å². The standard InChI is InChI=1S/C14H22N2OS/c1-17-12-7-5-6-11(13(12)15)16-10-14(18-2)8-3-4-9-14/h5-7,16H,3-4,8-10,15H2,1-2H3. The molecule has 4 heteroatoms. The third kappa shape index (κ3) is 2.69. The number of nitrogens with two attached hydrogens (primary N) is 1. The zero-order valence-corrected chi connectivity index (χ0v) is 12.0. The highest BCUT2D eigenvalue weighted by atomic mass is 32.2. The van der Waals surface area contributed by atoms with Gasteiger partial charge in [0, 0.05) is 11.3 Å². The van der Waals surface area contributed by atoms with E-state index in [0.717, 1.165) is 18.0 Å². The fourth-order valence-corrected chi connectivity index (χ4v) is 3.52. The van der Waals surface area contributed by atoms with E-state index in [1.165, 1.54) is 25.7 Å². The molecule has 1 aromatic rings. The third-order valence-corrected chi connectivity index (χ3v) is 5.25. The maximum Gasteiger partial charge on any atom is 0.143 e. The molecule has 0 spiro atoms. The summed E-state index contributed by atoms with van der Waals surface area (Å²) >= 11 is 1.98. The van der Waals surface area contributed by atoms with Crippen LogP contribution in [0.4, 0.5) is 11.4 Å². The lowest BCUT2D eigenvalue weighted by Gasteiger charge is -2.28. The summed E-state index contributed by atoms with van der Waals surface area (Å²) in [7, 11) is 1.65. The van der Waals surface area contributed by atoms with E-state index in [-0.39, 0.29) is 0 Å². The molecule has 0 aliphatic heterocycles. The Bertz CT molecular complexity index is 403. The Morgan fingerprint density at radius 3 is 2.72 bits per heavy atom. The predicted molar refractivity (Wildman–Crippen MR) is 80.6 cm³/mol. The van der Waals surface area contributed by atoms with Gasteiger partial charge in [0.05, 0.1) is 18.5 Å². The number of benzene rings is 1. The molecule has 1 aliphatic carbocycles. The summed E-state index contributed by atoms with van der Waals surface area (Å²) in [5.41, 5.74) is 7.75. The minimum absolute atomic E-state index is 0.384. The van der Waals surface area contributed by atoms with Gasteiger partial charge in [-0.05, 0) is 31.2 Å². The number of hydrogen-bond donors (Lipinski definition) is 2. The molecule has 0 unspecified atom stereocenters. The van der Waals surface area contributed by atoms with Crippen molar-refractivity contribution in [2.75, 3.05) is 31.0 Å². The van der Waals surface area contributed by atoms with E-state index < -0.39 is 0 Å². The Kier molecular flexibility index (Phi) is 4.27. The molecule has 0 saturated heterocycles. The van der Waals surface area contributed by atoms with Gasteiger partial charge >= 0.3 is 0 Å². The molecule has 0 atom stereocenters. The largest absolute Gasteiger partial charge is 0.495 e. The van der Waals surface area contributed by atoms with Crippen molar-refractivity contribution >= 4 is 23.1 Å². The fourth-order valence-electron chi connectivity index (χ4n) is 2.60. The van der Waals surface area contributed by atoms with Gasteiger partial charge in [0.2, 0.25) is 0 Å². The van der Waals surface area contributed by atoms with Crippen molar-refractivity contribution < 1.29 is 4.74 Å². The molecule has 18 heavy (non-hydrogen) atoms. The van der Waals surface area contributed by atoms with Crippen molar-refractivity contribution in [3.8, 4) is 5.75 Å². The lowest BCUT2D eigenvalue weighted by Crippen LogP contribution is -2.30. The van der Waals surface area contributed by atoms with Crippen LogP contribution < -0.4 is 15.8 Å². The van der Waals surface area contributed by atoms with Crippen LogP contribution in [0.3, 0.4) is 0 Å². The molecule has 0 aromatic heterocycles. The summed E-state index contributed by atoms with van der Waals surface area (Å²) in [6, 6.07) is 5.87. The van der Waals surface area contributed by atoms with E-state index in [1.54, 1.807) is 7.11 Å². The summed E-state index contributed by atoms with van der Waals surface area (Å²) in [6.07, 6.45) is 7.49. The maximum atomic E-state index is 6.07. The summed E-state index contributed by atoms with van der Waals surface area (Å²) in [5, 5.41) is 3.50. The van der Waals surface area contributed by atoms with E-state index in [1.807, 2.05) is 30.0 Å². The molecule has 0 amide bonds. The van der Waals surface area contributed by atoms with Crippen LogP contribution in [0.2, 0.25) is 0 Å². The van der Waals surface area contributed by atoms with Gasteiger partial charge in [-0.3, -0.25) is 0 Å². The van der Waals surface area contributed by atoms with E-state index in [0.29, 0.717) is 10.4 Å². The second-order valence-corrected chi connectivity index (χ2v) is 6.14. The van der Waals surface area contributed by atoms with Crippen molar-refractivity contribution in [3.05, 3.63) is 18.2 Å². The Labute approximate surface area is 113 Å². The first-order valence-corrected chi connectivity index (χ1v) is 7.65. The SMILES string of the molecule is COc1cccc(NCC2(SC)CCCC2)c1N. The zero-order chi connectivity index (χ0) is 13.0. The molecule has 0 bridgehead atoms. The van der Waals surface area contributed by atoms with Crippen LogP contribution in [0.1, 0.15) is 25.7 Å². The number of nitrogens with one attached hydrogen (secondary N) is 1. The number of nitrogen functional groups attached to an aromatic ring is 1. The second kappa shape index (κ2) is 5.74. The van der Waals surface area contributed by atoms with E-state index >= 15 is 0 Å². The molecule has 1 fully saturated rings. The van der Waals surface area contributed by atoms with Gasteiger partial charge in [-0.1, -0.05) is 18.9 Å². The molecule has 1 aromatic carbocycles. The normalized spacial score (nSPS) is 17.7. The van der Waals surface area contributed by atoms with Crippen LogP contribution in [-0.2, 0) is 0 Å². The average Bonchev–Trinajstić information content (AvgIpc) is 2.87. The lowest BCUT2D eigenvalue weighted by atomic mass is 10.1. The quantitative estimate of drug-likeness (QED) is 0.802. The predicted octanol–water partition coefficient (Wildman–Crippen LogP) is 3.37. The van der Waals surface area contributed by atoms with Crippen LogP contribution in [0.25, 0.3) is 0 Å². The molecule has 1 aliphatic rings. The van der Waals surface area contributed by atoms with Gasteiger partial charge in [-0.2, -0.15) is 11.8 Å². The molecule has 1 saturated carbocycles. The Balaban J connectivity index is 2.05. The highest BCUT2D eigenvalue weighted by molar-refractivity contribution is 8.00. The van der Waals surface area contributed by atoms with E-state index in [9.17, 15) is 0 Å². The molecule has 100 valence electrons. The molecule has 0 radical (unpaired) electrons. The van der Waals surface area contributed by atoms with Crippen molar-refractivity contribution in [3.63, 3.8) is 0 Å². The van der Waals surface area contributed by atoms with E-state index in [2.05, 4.69) is 11.6 Å². The summed E-state index contributed by atoms with van der Waals surface area (Å²) in [5.74, 6) is 0.740. The molecule has 3 nitrogen and oxygen atoms in total. The fraction of sp³-hybridized carbons (Fsp3) is 0.571. The third-order valence-electron chi connectivity index (χ3n) is 3.83. The number of rotatable bonds is 5. The molecule has 3 N–H and O–H groups in total. The molecule has 2 rings (SSSR count). The van der Waals surface area contributed by atoms with Crippen LogP contribution in [0.15, 0.2) is 18.2 Å². The van der Waals surface area contributed by atoms with Crippen LogP contribution in [-0.4, -0.2) is 24.7 Å². The van der Waals surface area contributed by atoms with Gasteiger partial charge in [0.1, 0.15) is 5.75 Å². The topological polar surface area (TPSA) is 47.3 Å². The van der Waals surface area contributed by atoms with Gasteiger partial charge in [0.15, 0.2) is 0 Å². The zero-order valence-electron chi connectivity index (χ0n) is 11.2. The van der Waals surface area contributed by atoms with Gasteiger partial charge in [-0.25, -0.2) is 0 Å². The first kappa shape index (κ1) is 13.4. The monoisotopic (exact) mass is 266 g/mol. The maximum absolute atomic E-state index is 6.07. The van der Waals surface area contributed by atoms with Crippen LogP contribution in [0, 0.1) is 0 Å². The van der Waals surface area contributed by atoms with Crippen molar-refractivity contribution in [1.29, 1.82) is 0 Å². The minimum atomic E-state index is 0.384. The highest BCUT2D eigenvalue weighted by Crippen LogP contribution is 2.40. The number of anilines is 2. The summed E-state index contributed by atoms with van der Waals surface area (Å²) in [4.78, 5) is 0. The number of methoxy groups -OCH3 is 1. The summed E-state index contributed by atoms with van der Waals surface area (Å²) < 4.78 is 5.62. The van der Waals surface area contributed by atoms with Crippen LogP contribution in [0.5, 0.6) is 5.75 Å². The Morgan fingerprint density at radius 2 is 2.11 bits per heavy atom. The Morgan fingerprint density at radius 1 is 1.39 bits per heavy atom. The van der Waals surface area contributed by atoms with Gasteiger partial charge in [0.25, 0.3) is 0 Å². The highest BCUT2D eigenvalue weighted by Gasteiger charge is 2.32. The Hall–Kier alpha value is -1.03. The number of para-hydroxylation sites is 1. The van der Waals surface area contributed by atoms with Crippen LogP contribution >= 0.6 is 11.8 Å². The molecular weight excluding hydrogens is 244 g/mol. The first-order chi connectivity index (χ1) is 8.71. The van der Waals surface area contributed by atoms with E-state index in [4.69, 9.17) is 10.5 Å². The second-order valence-electron chi connectivity index (χ2n) is 4.87. The van der Waals surface area contributed by atoms with Gasteiger partial charge in [-0.15, -0.1) is 0 Å². The first-order valence-electron chi connectivity index (χ1n) is 6.42. The number of ether oxygens (including phenoxy) is 1. The number of thioether (sulfide) groups is 1. The molecule has 0 heterocycles. The molecular formula is C14H22N2OS. The number of hydrogen-bond acceptors (Lipinski definition) is 4. The smallest absolute Gasteiger partial charge is 0.143 e. The average molecular weight is 266 g/mol. The van der Waals surface area contributed by atoms with Crippen molar-refractivity contribution in [2.24, 2.45) is 0 Å². The van der Waals surface area contributed by atoms with Gasteiger partial charge < -0.3 is 15.8 Å². The minimum Gasteiger partial charge on any atom is -0.495 e.